The van der Waals surface area contributed by atoms with Crippen molar-refractivity contribution in [3.05, 3.63) is 80.9 Å². The molecule has 8 rings (SSSR count). The van der Waals surface area contributed by atoms with Gasteiger partial charge in [-0.05, 0) is 12.1 Å². The van der Waals surface area contributed by atoms with Crippen molar-refractivity contribution < 1.29 is 181 Å². The van der Waals surface area contributed by atoms with Crippen LogP contribution in [0.2, 0.25) is 0 Å². The summed E-state index contributed by atoms with van der Waals surface area (Å²) in [6.45, 7) is 0. The summed E-state index contributed by atoms with van der Waals surface area (Å²) < 4.78 is 187. The topological polar surface area (TPSA) is 395 Å². The Kier molecular flexibility index (Phi) is 39.1. The highest BCUT2D eigenvalue weighted by Crippen LogP contribution is 2.63. The third-order valence-corrected chi connectivity index (χ3v) is 19.1. The number of rotatable bonds is 42. The Morgan fingerprint density at radius 1 is 0.121 bits per heavy atom. The molecule has 0 aliphatic heterocycles. The highest BCUT2D eigenvalue weighted by atomic mass is 16.6. The van der Waals surface area contributed by atoms with Gasteiger partial charge in [-0.25, -0.2) is 0 Å². The first-order valence-corrected chi connectivity index (χ1v) is 36.6. The van der Waals surface area contributed by atoms with E-state index in [4.69, 9.17) is 161 Å². The number of benzene rings is 8. The van der Waals surface area contributed by atoms with Crippen molar-refractivity contribution in [3.63, 3.8) is 0 Å². The van der Waals surface area contributed by atoms with Crippen molar-refractivity contribution in [2.24, 2.45) is 0 Å². The van der Waals surface area contributed by atoms with Crippen molar-refractivity contribution in [1.29, 1.82) is 0 Å². The van der Waals surface area contributed by atoms with Gasteiger partial charge in [-0.1, -0.05) is 0 Å². The molecule has 0 amide bonds. The Hall–Kier alpha value is -13.2. The number of hydrogen-bond acceptors (Lipinski definition) is 38. The molecule has 0 spiro atoms. The summed E-state index contributed by atoms with van der Waals surface area (Å²) in [6.07, 6.45) is -5.36. The summed E-state index contributed by atoms with van der Waals surface area (Å²) in [6, 6.07) is 9.61. The van der Waals surface area contributed by atoms with Crippen molar-refractivity contribution in [3.8, 4) is 195 Å². The van der Waals surface area contributed by atoms with Crippen LogP contribution in [0.1, 0.15) is 68.9 Å². The Balaban J connectivity index is 0.000000294. The van der Waals surface area contributed by atoms with Gasteiger partial charge in [0.1, 0.15) is 35.9 Å². The van der Waals surface area contributed by atoms with Gasteiger partial charge < -0.3 is 181 Å². The van der Waals surface area contributed by atoms with E-state index < -0.39 is 24.4 Å². The first-order chi connectivity index (χ1) is 59.8. The lowest BCUT2D eigenvalue weighted by Gasteiger charge is -2.27. The molecular weight excluding hydrogens is 1640 g/mol. The first-order valence-electron chi connectivity index (χ1n) is 36.6. The smallest absolute Gasteiger partial charge is 0.211 e. The highest BCUT2D eigenvalue weighted by Gasteiger charge is 2.42. The molecule has 8 aromatic rings. The predicted octanol–water partition coefficient (Wildman–Crippen LogP) is 11.4. The summed E-state index contributed by atoms with van der Waals surface area (Å²) in [5.41, 5.74) is 2.13. The van der Waals surface area contributed by atoms with Gasteiger partial charge in [0.15, 0.2) is 115 Å². The third-order valence-electron chi connectivity index (χ3n) is 19.1. The van der Waals surface area contributed by atoms with E-state index in [1.807, 2.05) is 0 Å². The van der Waals surface area contributed by atoms with Gasteiger partial charge in [-0.3, -0.25) is 0 Å². The van der Waals surface area contributed by atoms with Crippen LogP contribution < -0.4 is 161 Å². The minimum absolute atomic E-state index is 0.141. The molecule has 0 aliphatic carbocycles. The largest absolute Gasteiger partial charge is 0.496 e. The molecule has 4 N–H and O–H groups in total. The lowest BCUT2D eigenvalue weighted by molar-refractivity contribution is 0.189. The molecule has 38 heteroatoms. The number of ether oxygens (including phenoxy) is 34. The van der Waals surface area contributed by atoms with Crippen molar-refractivity contribution in [2.45, 2.75) is 24.4 Å². The second-order valence-electron chi connectivity index (χ2n) is 24.4. The Bertz CT molecular complexity index is 4410. The van der Waals surface area contributed by atoms with Crippen LogP contribution in [0.3, 0.4) is 0 Å². The van der Waals surface area contributed by atoms with E-state index in [-0.39, 0.29) is 137 Å². The van der Waals surface area contributed by atoms with Crippen molar-refractivity contribution >= 4 is 0 Å². The average molecular weight is 1760 g/mol. The zero-order valence-corrected chi connectivity index (χ0v) is 76.4. The third kappa shape index (κ3) is 19.5. The summed E-state index contributed by atoms with van der Waals surface area (Å²) in [4.78, 5) is 0. The molecule has 0 heterocycles. The van der Waals surface area contributed by atoms with Gasteiger partial charge in [0.05, 0.1) is 275 Å². The van der Waals surface area contributed by atoms with E-state index >= 15 is 0 Å². The van der Waals surface area contributed by atoms with Gasteiger partial charge in [0.2, 0.25) is 69.0 Å². The Labute approximate surface area is 721 Å². The van der Waals surface area contributed by atoms with Gasteiger partial charge >= 0.3 is 0 Å². The normalized spacial score (nSPS) is 10.5. The van der Waals surface area contributed by atoms with Gasteiger partial charge in [0, 0.05) is 35.4 Å². The molecule has 0 radical (unpaired) electrons. The molecule has 0 aliphatic rings. The van der Waals surface area contributed by atoms with E-state index in [0.29, 0.717) is 103 Å². The maximum absolute atomic E-state index is 11.8. The molecule has 0 atom stereocenters. The van der Waals surface area contributed by atoms with Gasteiger partial charge in [-0.2, -0.15) is 0 Å². The van der Waals surface area contributed by atoms with Crippen LogP contribution in [0.5, 0.6) is 195 Å². The summed E-state index contributed by atoms with van der Waals surface area (Å²) in [5, 5.41) is 46.3. The summed E-state index contributed by atoms with van der Waals surface area (Å²) in [7, 11) is 49.7. The molecule has 688 valence electrons. The predicted molar refractivity (Wildman–Crippen MR) is 451 cm³/mol. The second kappa shape index (κ2) is 47.9. The zero-order chi connectivity index (χ0) is 92.8. The van der Waals surface area contributed by atoms with Crippen molar-refractivity contribution in [1.82, 2.24) is 0 Å². The quantitative estimate of drug-likeness (QED) is 0.0276. The lowest BCUT2D eigenvalue weighted by Crippen LogP contribution is -2.13. The number of methoxy groups -OCH3 is 34. The van der Waals surface area contributed by atoms with Crippen LogP contribution in [-0.2, 0) is 0 Å². The molecule has 8 aromatic carbocycles. The molecule has 0 saturated heterocycles. The van der Waals surface area contributed by atoms with E-state index in [1.54, 1.807) is 36.4 Å². The number of aliphatic hydroxyl groups is 4. The molecule has 38 nitrogen and oxygen atoms in total. The zero-order valence-electron chi connectivity index (χ0n) is 76.4. The van der Waals surface area contributed by atoms with E-state index in [0.717, 1.165) is 0 Å². The molecule has 0 fully saturated rings. The summed E-state index contributed by atoms with van der Waals surface area (Å²) in [5.74, 6) is 9.11. The molecule has 0 unspecified atom stereocenters. The molecule has 0 aromatic heterocycles. The van der Waals surface area contributed by atoms with Gasteiger partial charge in [-0.15, -0.1) is 0 Å². The fourth-order valence-corrected chi connectivity index (χ4v) is 13.8. The highest BCUT2D eigenvalue weighted by molar-refractivity contribution is 5.78. The minimum Gasteiger partial charge on any atom is -0.496 e. The van der Waals surface area contributed by atoms with Crippen LogP contribution in [0, 0.1) is 0 Å². The fourth-order valence-electron chi connectivity index (χ4n) is 13.8. The second-order valence-corrected chi connectivity index (χ2v) is 24.4. The van der Waals surface area contributed by atoms with E-state index in [2.05, 4.69) is 0 Å². The average Bonchev–Trinajstić information content (AvgIpc) is 0.731. The fraction of sp³-hybridized carbons (Fsp3) is 0.442. The SMILES string of the molecule is COc1c(OC)c(OC)c(C(O)c2c(OC)c(OC)c(OC)c(OC)c2OC)c(OC)c1OC.COc1cc(C(O)c2cc(OC)c(OC)c(OC)c2OC)c(OC)c(OC)c1OC.COc1cc(OC)c(C(O)c2c(OC)cc(OC)c(OC)c2OC)c(OC)c1OC.COc1cc(OC)c(OC)c(C(O)c2c(OC)c(OC)cc(OC)c2OC)c1OC. The number of aliphatic hydroxyl groups excluding tert-OH is 4. The Morgan fingerprint density at radius 2 is 0.250 bits per heavy atom. The first kappa shape index (κ1) is 101. The van der Waals surface area contributed by atoms with Crippen LogP contribution >= 0.6 is 0 Å². The van der Waals surface area contributed by atoms with E-state index in [9.17, 15) is 20.4 Å². The van der Waals surface area contributed by atoms with Crippen molar-refractivity contribution in [2.75, 3.05) is 242 Å². The standard InChI is InChI=1S/C23H32O11.3C21H28O9/c1-25-14-11(15(26-2)19(30-6)22(33-9)18(14)29-5)13(24)12-16(27-3)20(31-7)23(34-10)21(32-8)17(12)28-4;1-23-11-9-13(25-3)18(27-5)20(29-7)15(11)17(22)16-12(24-2)10-14(26-4)19(28-6)21(16)30-8;1-23-13-9-11(16(25-3)20(29-7)18(13)27-5)15(22)12-10-14(24-2)19(28-6)21(30-8)17(12)26-4;1-23-11-9-12(24-2)19(28-6)15(18(11)27-5)17(22)16-20(29-7)13(25-3)10-14(26-4)21(16)30-8/h13,24H,1-10H3;9-10,17,22H,1-8H3;9-10,15,22H,1-8H3;9-10,17,22H,1-8H3. The maximum Gasteiger partial charge on any atom is 0.211 e. The monoisotopic (exact) mass is 1760 g/mol. The van der Waals surface area contributed by atoms with Crippen LogP contribution in [0.15, 0.2) is 36.4 Å². The molecular formula is C86H116O38. The Morgan fingerprint density at radius 3 is 0.435 bits per heavy atom. The van der Waals surface area contributed by atoms with Crippen LogP contribution in [0.4, 0.5) is 0 Å². The van der Waals surface area contributed by atoms with Gasteiger partial charge in [0.25, 0.3) is 0 Å². The van der Waals surface area contributed by atoms with Crippen LogP contribution in [0.25, 0.3) is 0 Å². The maximum atomic E-state index is 11.8. The van der Waals surface area contributed by atoms with E-state index in [1.165, 1.54) is 242 Å². The summed E-state index contributed by atoms with van der Waals surface area (Å²) >= 11 is 0. The molecule has 0 bridgehead atoms. The lowest BCUT2D eigenvalue weighted by atomic mass is 9.95. The van der Waals surface area contributed by atoms with Crippen LogP contribution in [-0.4, -0.2) is 262 Å². The number of hydrogen-bond donors (Lipinski definition) is 4. The minimum atomic E-state index is -1.47. The molecule has 0 saturated carbocycles. The molecule has 124 heavy (non-hydrogen) atoms.